The van der Waals surface area contributed by atoms with E-state index >= 15 is 0 Å². The Labute approximate surface area is 158 Å². The minimum absolute atomic E-state index is 0.144. The summed E-state index contributed by atoms with van der Waals surface area (Å²) in [7, 11) is 0. The Hall–Kier alpha value is -2.90. The lowest BCUT2D eigenvalue weighted by Crippen LogP contribution is -2.48. The van der Waals surface area contributed by atoms with Crippen LogP contribution in [0.4, 0.5) is 9.59 Å². The summed E-state index contributed by atoms with van der Waals surface area (Å²) in [5.41, 5.74) is -0.508. The van der Waals surface area contributed by atoms with Crippen LogP contribution in [0.1, 0.15) is 45.6 Å². The molecular weight excluding hydrogens is 348 g/mol. The van der Waals surface area contributed by atoms with Gasteiger partial charge in [0.15, 0.2) is 0 Å². The predicted octanol–water partition coefficient (Wildman–Crippen LogP) is 1.86. The van der Waals surface area contributed by atoms with Gasteiger partial charge in [0.05, 0.1) is 0 Å². The Kier molecular flexibility index (Phi) is 6.55. The van der Waals surface area contributed by atoms with E-state index in [4.69, 9.17) is 0 Å². The molecule has 27 heavy (non-hydrogen) atoms. The summed E-state index contributed by atoms with van der Waals surface area (Å²) in [4.78, 5) is 50.2. The molecule has 146 valence electrons. The summed E-state index contributed by atoms with van der Waals surface area (Å²) in [6.07, 6.45) is 2.02. The molecule has 0 spiro atoms. The summed E-state index contributed by atoms with van der Waals surface area (Å²) in [6.45, 7) is 4.99. The molecule has 1 aromatic carbocycles. The molecule has 0 unspecified atom stereocenters. The third-order valence-corrected chi connectivity index (χ3v) is 4.32. The molecule has 1 fully saturated rings. The van der Waals surface area contributed by atoms with Gasteiger partial charge in [-0.05, 0) is 25.8 Å². The zero-order valence-electron chi connectivity index (χ0n) is 15.9. The number of hydrogen-bond acceptors (Lipinski definition) is 4. The topological polar surface area (TPSA) is 108 Å². The number of rotatable bonds is 7. The van der Waals surface area contributed by atoms with Crippen molar-refractivity contribution < 1.29 is 19.2 Å². The smallest absolute Gasteiger partial charge is 0.325 e. The fraction of sp³-hybridized carbons (Fsp3) is 0.474. The number of carbonyl (C=O) groups excluding carboxylic acids is 4. The molecule has 1 heterocycles. The van der Waals surface area contributed by atoms with Gasteiger partial charge in [-0.3, -0.25) is 19.8 Å². The molecule has 0 saturated carbocycles. The first-order valence-corrected chi connectivity index (χ1v) is 9.10. The summed E-state index contributed by atoms with van der Waals surface area (Å²) in [6, 6.07) is 7.55. The van der Waals surface area contributed by atoms with Gasteiger partial charge in [0.2, 0.25) is 5.91 Å². The molecular formula is C19H26N4O4. The number of urea groups is 2. The molecule has 0 aliphatic carbocycles. The van der Waals surface area contributed by atoms with Crippen molar-refractivity contribution in [1.82, 2.24) is 20.9 Å². The molecule has 8 heteroatoms. The molecule has 1 aliphatic rings. The third-order valence-electron chi connectivity index (χ3n) is 4.32. The summed E-state index contributed by atoms with van der Waals surface area (Å²) < 4.78 is 0. The van der Waals surface area contributed by atoms with Crippen molar-refractivity contribution in [2.75, 3.05) is 6.54 Å². The van der Waals surface area contributed by atoms with Crippen molar-refractivity contribution in [3.8, 4) is 0 Å². The second-order valence-electron chi connectivity index (χ2n) is 6.87. The highest BCUT2D eigenvalue weighted by Crippen LogP contribution is 2.33. The third kappa shape index (κ3) is 4.64. The van der Waals surface area contributed by atoms with Gasteiger partial charge in [0, 0.05) is 6.04 Å². The van der Waals surface area contributed by atoms with Crippen molar-refractivity contribution in [3.63, 3.8) is 0 Å². The second-order valence-corrected chi connectivity index (χ2v) is 6.87. The van der Waals surface area contributed by atoms with E-state index in [1.807, 2.05) is 13.0 Å². The SMILES string of the molecule is CCCC[C@@]1(c2ccccc2)NC(=O)N(CC(=O)NC(=O)NC(C)C)C1=O. The molecule has 0 aromatic heterocycles. The minimum atomic E-state index is -1.19. The van der Waals surface area contributed by atoms with Crippen molar-refractivity contribution in [3.05, 3.63) is 35.9 Å². The molecule has 1 atom stereocenters. The van der Waals surface area contributed by atoms with Gasteiger partial charge in [-0.2, -0.15) is 0 Å². The number of amides is 6. The van der Waals surface area contributed by atoms with E-state index in [1.54, 1.807) is 38.1 Å². The van der Waals surface area contributed by atoms with Crippen LogP contribution in [0.25, 0.3) is 0 Å². The Balaban J connectivity index is 2.18. The van der Waals surface area contributed by atoms with Crippen LogP contribution in [0.2, 0.25) is 0 Å². The first kappa shape index (κ1) is 20.4. The van der Waals surface area contributed by atoms with Crippen molar-refractivity contribution >= 4 is 23.9 Å². The van der Waals surface area contributed by atoms with Crippen LogP contribution in [0.3, 0.4) is 0 Å². The Morgan fingerprint density at radius 3 is 2.44 bits per heavy atom. The molecule has 8 nitrogen and oxygen atoms in total. The van der Waals surface area contributed by atoms with E-state index in [2.05, 4.69) is 16.0 Å². The maximum Gasteiger partial charge on any atom is 0.325 e. The molecule has 6 amide bonds. The lowest BCUT2D eigenvalue weighted by Gasteiger charge is -2.27. The minimum Gasteiger partial charge on any atom is -0.336 e. The number of nitrogens with one attached hydrogen (secondary N) is 3. The van der Waals surface area contributed by atoms with Gasteiger partial charge < -0.3 is 10.6 Å². The Morgan fingerprint density at radius 1 is 1.19 bits per heavy atom. The molecule has 1 aliphatic heterocycles. The summed E-state index contributed by atoms with van der Waals surface area (Å²) >= 11 is 0. The van der Waals surface area contributed by atoms with Crippen LogP contribution < -0.4 is 16.0 Å². The van der Waals surface area contributed by atoms with E-state index in [-0.39, 0.29) is 6.04 Å². The predicted molar refractivity (Wildman–Crippen MR) is 99.7 cm³/mol. The monoisotopic (exact) mass is 374 g/mol. The largest absolute Gasteiger partial charge is 0.336 e. The first-order chi connectivity index (χ1) is 12.8. The van der Waals surface area contributed by atoms with Gasteiger partial charge in [0.1, 0.15) is 12.1 Å². The standard InChI is InChI=1S/C19H26N4O4/c1-4-5-11-19(14-9-7-6-8-10-14)16(25)23(18(27)22-19)12-15(24)21-17(26)20-13(2)3/h6-10,13H,4-5,11-12H2,1-3H3,(H,22,27)(H2,20,21,24,26)/t19-/m0/s1. The zero-order chi connectivity index (χ0) is 20.0. The number of imide groups is 2. The van der Waals surface area contributed by atoms with E-state index in [0.29, 0.717) is 12.0 Å². The van der Waals surface area contributed by atoms with E-state index in [0.717, 1.165) is 17.7 Å². The molecule has 1 aromatic rings. The Bertz CT molecular complexity index is 720. The molecule has 0 radical (unpaired) electrons. The maximum absolute atomic E-state index is 13.1. The van der Waals surface area contributed by atoms with Crippen LogP contribution in [-0.4, -0.2) is 41.4 Å². The normalized spacial score (nSPS) is 19.2. The number of benzene rings is 1. The number of hydrogen-bond donors (Lipinski definition) is 3. The van der Waals surface area contributed by atoms with Crippen molar-refractivity contribution in [1.29, 1.82) is 0 Å². The highest BCUT2D eigenvalue weighted by atomic mass is 16.2. The van der Waals surface area contributed by atoms with Gasteiger partial charge in [-0.25, -0.2) is 9.59 Å². The maximum atomic E-state index is 13.1. The van der Waals surface area contributed by atoms with Crippen LogP contribution >= 0.6 is 0 Å². The molecule has 1 saturated heterocycles. The van der Waals surface area contributed by atoms with Crippen LogP contribution in [-0.2, 0) is 15.1 Å². The van der Waals surface area contributed by atoms with Crippen molar-refractivity contribution in [2.45, 2.75) is 51.6 Å². The van der Waals surface area contributed by atoms with E-state index in [9.17, 15) is 19.2 Å². The second kappa shape index (κ2) is 8.66. The highest BCUT2D eigenvalue weighted by Gasteiger charge is 2.52. The van der Waals surface area contributed by atoms with Crippen LogP contribution in [0.15, 0.2) is 30.3 Å². The average molecular weight is 374 g/mol. The van der Waals surface area contributed by atoms with Crippen LogP contribution in [0, 0.1) is 0 Å². The number of carbonyl (C=O) groups is 4. The molecule has 2 rings (SSSR count). The highest BCUT2D eigenvalue weighted by molar-refractivity contribution is 6.10. The summed E-state index contributed by atoms with van der Waals surface area (Å²) in [5, 5.41) is 7.41. The average Bonchev–Trinajstić information content (AvgIpc) is 2.85. The van der Waals surface area contributed by atoms with Gasteiger partial charge in [-0.1, -0.05) is 50.1 Å². The number of nitrogens with zero attached hydrogens (tertiary/aromatic N) is 1. The van der Waals surface area contributed by atoms with Gasteiger partial charge in [0.25, 0.3) is 5.91 Å². The summed E-state index contributed by atoms with van der Waals surface area (Å²) in [5.74, 6) is -1.21. The fourth-order valence-corrected chi connectivity index (χ4v) is 3.05. The Morgan fingerprint density at radius 2 is 1.85 bits per heavy atom. The lowest BCUT2D eigenvalue weighted by molar-refractivity contribution is -0.135. The van der Waals surface area contributed by atoms with Gasteiger partial charge in [-0.15, -0.1) is 0 Å². The molecule has 3 N–H and O–H groups in total. The van der Waals surface area contributed by atoms with Gasteiger partial charge >= 0.3 is 12.1 Å². The van der Waals surface area contributed by atoms with Crippen LogP contribution in [0.5, 0.6) is 0 Å². The van der Waals surface area contributed by atoms with Crippen molar-refractivity contribution in [2.24, 2.45) is 0 Å². The fourth-order valence-electron chi connectivity index (χ4n) is 3.05. The lowest BCUT2D eigenvalue weighted by atomic mass is 9.85. The number of unbranched alkanes of at least 4 members (excludes halogenated alkanes) is 1. The first-order valence-electron chi connectivity index (χ1n) is 9.10. The van der Waals surface area contributed by atoms with E-state index in [1.165, 1.54) is 0 Å². The van der Waals surface area contributed by atoms with E-state index < -0.39 is 36.0 Å². The zero-order valence-corrected chi connectivity index (χ0v) is 15.9. The molecule has 0 bridgehead atoms. The quantitative estimate of drug-likeness (QED) is 0.633.